The number of carbonyl (C=O) groups excluding carboxylic acids is 1. The molecule has 5 nitrogen and oxygen atoms in total. The Hall–Kier alpha value is -3.47. The Morgan fingerprint density at radius 1 is 1.00 bits per heavy atom. The molecule has 4 aromatic rings. The predicted molar refractivity (Wildman–Crippen MR) is 98.3 cm³/mol. The predicted octanol–water partition coefficient (Wildman–Crippen LogP) is 3.89. The molecule has 0 fully saturated rings. The molecule has 2 heterocycles. The highest BCUT2D eigenvalue weighted by Crippen LogP contribution is 2.24. The van der Waals surface area contributed by atoms with Crippen LogP contribution in [0.15, 0.2) is 73.2 Å². The molecule has 0 spiro atoms. The third-order valence-corrected chi connectivity index (χ3v) is 4.01. The first-order chi connectivity index (χ1) is 12.2. The van der Waals surface area contributed by atoms with Crippen LogP contribution in [0.2, 0.25) is 0 Å². The van der Waals surface area contributed by atoms with Gasteiger partial charge in [0, 0.05) is 47.2 Å². The molecule has 5 heteroatoms. The lowest BCUT2D eigenvalue weighted by atomic mass is 10.1. The number of benzene rings is 2. The smallest absolute Gasteiger partial charge is 0.255 e. The largest absolute Gasteiger partial charge is 0.322 e. The number of fused-ring (bicyclic) bond motifs is 1. The van der Waals surface area contributed by atoms with E-state index in [0.29, 0.717) is 5.56 Å². The minimum Gasteiger partial charge on any atom is -0.322 e. The number of amides is 1. The fourth-order valence-electron chi connectivity index (χ4n) is 2.73. The Kier molecular flexibility index (Phi) is 3.74. The van der Waals surface area contributed by atoms with Crippen molar-refractivity contribution in [1.29, 1.82) is 0 Å². The number of aromatic nitrogens is 3. The molecule has 0 unspecified atom stereocenters. The van der Waals surface area contributed by atoms with Gasteiger partial charge in [-0.2, -0.15) is 5.10 Å². The van der Waals surface area contributed by atoms with E-state index in [1.165, 1.54) is 0 Å². The van der Waals surface area contributed by atoms with Crippen LogP contribution < -0.4 is 5.32 Å². The van der Waals surface area contributed by atoms with Gasteiger partial charge in [-0.05, 0) is 36.4 Å². The number of aryl methyl sites for hydroxylation is 1. The van der Waals surface area contributed by atoms with Gasteiger partial charge in [-0.15, -0.1) is 0 Å². The highest BCUT2D eigenvalue weighted by molar-refractivity contribution is 6.05. The summed E-state index contributed by atoms with van der Waals surface area (Å²) >= 11 is 0. The minimum atomic E-state index is -0.128. The second-order valence-electron chi connectivity index (χ2n) is 5.85. The average Bonchev–Trinajstić information content (AvgIpc) is 3.08. The van der Waals surface area contributed by atoms with Crippen LogP contribution in [0.5, 0.6) is 0 Å². The number of hydrogen-bond acceptors (Lipinski definition) is 3. The number of carbonyl (C=O) groups is 1. The SMILES string of the molecule is Cn1cc(-c2cnc3ccc(NC(=O)c4ccccc4)cc3c2)cn1. The molecule has 122 valence electrons. The third kappa shape index (κ3) is 3.12. The zero-order valence-electron chi connectivity index (χ0n) is 13.7. The van der Waals surface area contributed by atoms with Crippen LogP contribution in [-0.2, 0) is 7.05 Å². The van der Waals surface area contributed by atoms with Crippen LogP contribution in [0.25, 0.3) is 22.0 Å². The molecule has 1 N–H and O–H groups in total. The lowest BCUT2D eigenvalue weighted by Gasteiger charge is -2.07. The maximum Gasteiger partial charge on any atom is 0.255 e. The fourth-order valence-corrected chi connectivity index (χ4v) is 2.73. The van der Waals surface area contributed by atoms with Crippen molar-refractivity contribution in [3.8, 4) is 11.1 Å². The van der Waals surface area contributed by atoms with Crippen molar-refractivity contribution in [2.45, 2.75) is 0 Å². The van der Waals surface area contributed by atoms with Gasteiger partial charge in [-0.1, -0.05) is 18.2 Å². The van der Waals surface area contributed by atoms with Crippen LogP contribution in [0, 0.1) is 0 Å². The summed E-state index contributed by atoms with van der Waals surface area (Å²) < 4.78 is 1.76. The van der Waals surface area contributed by atoms with E-state index < -0.39 is 0 Å². The summed E-state index contributed by atoms with van der Waals surface area (Å²) in [4.78, 5) is 16.8. The fraction of sp³-hybridized carbons (Fsp3) is 0.0500. The summed E-state index contributed by atoms with van der Waals surface area (Å²) in [5.41, 5.74) is 4.25. The number of nitrogens with zero attached hydrogens (tertiary/aromatic N) is 3. The van der Waals surface area contributed by atoms with Crippen LogP contribution in [0.3, 0.4) is 0 Å². The van der Waals surface area contributed by atoms with Gasteiger partial charge in [-0.25, -0.2) is 0 Å². The van der Waals surface area contributed by atoms with Crippen LogP contribution in [-0.4, -0.2) is 20.7 Å². The van der Waals surface area contributed by atoms with E-state index in [2.05, 4.69) is 21.5 Å². The highest BCUT2D eigenvalue weighted by Gasteiger charge is 2.07. The van der Waals surface area contributed by atoms with E-state index >= 15 is 0 Å². The van der Waals surface area contributed by atoms with Crippen molar-refractivity contribution < 1.29 is 4.79 Å². The van der Waals surface area contributed by atoms with Crippen LogP contribution in [0.1, 0.15) is 10.4 Å². The summed E-state index contributed by atoms with van der Waals surface area (Å²) in [7, 11) is 1.88. The Labute approximate surface area is 144 Å². The van der Waals surface area contributed by atoms with Gasteiger partial charge in [0.25, 0.3) is 5.91 Å². The maximum atomic E-state index is 12.3. The first-order valence-corrected chi connectivity index (χ1v) is 7.94. The molecule has 4 rings (SSSR count). The molecule has 1 amide bonds. The van der Waals surface area contributed by atoms with Gasteiger partial charge in [-0.3, -0.25) is 14.5 Å². The molecule has 0 bridgehead atoms. The Bertz CT molecular complexity index is 1050. The van der Waals surface area contributed by atoms with E-state index in [0.717, 1.165) is 27.7 Å². The molecule has 0 saturated carbocycles. The summed E-state index contributed by atoms with van der Waals surface area (Å²) in [6.45, 7) is 0. The Morgan fingerprint density at radius 2 is 1.84 bits per heavy atom. The molecule has 2 aromatic heterocycles. The van der Waals surface area contributed by atoms with Crippen LogP contribution >= 0.6 is 0 Å². The molecule has 0 saturated heterocycles. The number of pyridine rings is 1. The minimum absolute atomic E-state index is 0.128. The Morgan fingerprint density at radius 3 is 2.60 bits per heavy atom. The Balaban J connectivity index is 1.66. The molecule has 25 heavy (non-hydrogen) atoms. The van der Waals surface area contributed by atoms with E-state index in [-0.39, 0.29) is 5.91 Å². The summed E-state index contributed by atoms with van der Waals surface area (Å²) in [6.07, 6.45) is 5.59. The van der Waals surface area contributed by atoms with Crippen molar-refractivity contribution in [2.75, 3.05) is 5.32 Å². The number of nitrogens with one attached hydrogen (secondary N) is 1. The molecule has 0 aliphatic heterocycles. The van der Waals surface area contributed by atoms with Crippen molar-refractivity contribution in [3.05, 3.63) is 78.8 Å². The molecule has 0 aliphatic rings. The molecule has 0 aliphatic carbocycles. The molecule has 0 atom stereocenters. The number of rotatable bonds is 3. The van der Waals surface area contributed by atoms with Crippen molar-refractivity contribution in [1.82, 2.24) is 14.8 Å². The number of anilines is 1. The lowest BCUT2D eigenvalue weighted by molar-refractivity contribution is 0.102. The average molecular weight is 328 g/mol. The second-order valence-corrected chi connectivity index (χ2v) is 5.85. The normalized spacial score (nSPS) is 10.8. The third-order valence-electron chi connectivity index (χ3n) is 4.01. The lowest BCUT2D eigenvalue weighted by Crippen LogP contribution is -2.11. The zero-order valence-corrected chi connectivity index (χ0v) is 13.7. The van der Waals surface area contributed by atoms with E-state index in [4.69, 9.17) is 0 Å². The van der Waals surface area contributed by atoms with Gasteiger partial charge >= 0.3 is 0 Å². The number of hydrogen-bond donors (Lipinski definition) is 1. The first-order valence-electron chi connectivity index (χ1n) is 7.94. The van der Waals surface area contributed by atoms with Gasteiger partial charge in [0.05, 0.1) is 11.7 Å². The zero-order chi connectivity index (χ0) is 17.2. The van der Waals surface area contributed by atoms with E-state index in [9.17, 15) is 4.79 Å². The summed E-state index contributed by atoms with van der Waals surface area (Å²) in [6, 6.07) is 16.9. The molecular weight excluding hydrogens is 312 g/mol. The quantitative estimate of drug-likeness (QED) is 0.621. The molecule has 2 aromatic carbocycles. The highest BCUT2D eigenvalue weighted by atomic mass is 16.1. The summed E-state index contributed by atoms with van der Waals surface area (Å²) in [5.74, 6) is -0.128. The van der Waals surface area contributed by atoms with Gasteiger partial charge < -0.3 is 5.32 Å². The maximum absolute atomic E-state index is 12.3. The van der Waals surface area contributed by atoms with Crippen LogP contribution in [0.4, 0.5) is 5.69 Å². The topological polar surface area (TPSA) is 59.8 Å². The molecule has 0 radical (unpaired) electrons. The van der Waals surface area contributed by atoms with Gasteiger partial charge in [0.15, 0.2) is 0 Å². The van der Waals surface area contributed by atoms with Gasteiger partial charge in [0.1, 0.15) is 0 Å². The van der Waals surface area contributed by atoms with E-state index in [1.807, 2.05) is 62.0 Å². The summed E-state index contributed by atoms with van der Waals surface area (Å²) in [5, 5.41) is 8.09. The van der Waals surface area contributed by atoms with Crippen molar-refractivity contribution >= 4 is 22.5 Å². The van der Waals surface area contributed by atoms with Crippen molar-refractivity contribution in [3.63, 3.8) is 0 Å². The van der Waals surface area contributed by atoms with E-state index in [1.54, 1.807) is 16.8 Å². The van der Waals surface area contributed by atoms with Gasteiger partial charge in [0.2, 0.25) is 0 Å². The molecular formula is C20H16N4O. The second kappa shape index (κ2) is 6.20. The first kappa shape index (κ1) is 15.1. The van der Waals surface area contributed by atoms with Crippen molar-refractivity contribution in [2.24, 2.45) is 7.05 Å². The standard InChI is InChI=1S/C20H16N4O/c1-24-13-17(12-22-24)16-9-15-10-18(7-8-19(15)21-11-16)23-20(25)14-5-3-2-4-6-14/h2-13H,1H3,(H,23,25). The monoisotopic (exact) mass is 328 g/mol.